The summed E-state index contributed by atoms with van der Waals surface area (Å²) in [6.07, 6.45) is 3.16. The Balaban J connectivity index is 2.07. The first-order valence-electron chi connectivity index (χ1n) is 10.5. The third kappa shape index (κ3) is 5.44. The summed E-state index contributed by atoms with van der Waals surface area (Å²) in [5.74, 6) is 0.505. The van der Waals surface area contributed by atoms with E-state index in [0.717, 1.165) is 12.8 Å². The van der Waals surface area contributed by atoms with E-state index in [1.54, 1.807) is 13.1 Å². The number of hydrogen-bond donors (Lipinski definition) is 0. The molecule has 3 rings (SSSR count). The van der Waals surface area contributed by atoms with Crippen molar-refractivity contribution in [3.63, 3.8) is 0 Å². The lowest BCUT2D eigenvalue weighted by Gasteiger charge is -2.19. The Hall–Kier alpha value is -3.28. The van der Waals surface area contributed by atoms with Crippen LogP contribution >= 0.6 is 0 Å². The van der Waals surface area contributed by atoms with Gasteiger partial charge in [0.05, 0.1) is 47.5 Å². The number of ether oxygens (including phenoxy) is 3. The van der Waals surface area contributed by atoms with Crippen molar-refractivity contribution in [3.05, 3.63) is 36.2 Å². The molecule has 0 aliphatic heterocycles. The summed E-state index contributed by atoms with van der Waals surface area (Å²) in [7, 11) is 2.71. The zero-order valence-electron chi connectivity index (χ0n) is 19.3. The highest BCUT2D eigenvalue weighted by atomic mass is 32.2. The van der Waals surface area contributed by atoms with Gasteiger partial charge in [-0.05, 0) is 18.6 Å². The van der Waals surface area contributed by atoms with Crippen LogP contribution in [0, 0.1) is 0 Å². The molecule has 0 radical (unpaired) electrons. The molecule has 12 heteroatoms. The highest BCUT2D eigenvalue weighted by Gasteiger charge is 2.26. The van der Waals surface area contributed by atoms with Crippen molar-refractivity contribution in [2.75, 3.05) is 27.8 Å². The van der Waals surface area contributed by atoms with Crippen molar-refractivity contribution < 1.29 is 32.0 Å². The number of rotatable bonds is 10. The number of methoxy groups -OCH3 is 2. The number of imidazole rings is 1. The average Bonchev–Trinajstić information content (AvgIpc) is 3.20. The van der Waals surface area contributed by atoms with E-state index in [-0.39, 0.29) is 22.2 Å². The fourth-order valence-corrected chi connectivity index (χ4v) is 4.52. The molecular formula is C22H26F2N4O5S. The van der Waals surface area contributed by atoms with Gasteiger partial charge in [-0.3, -0.25) is 9.19 Å². The number of nitrogens with zero attached hydrogens (tertiary/aromatic N) is 4. The van der Waals surface area contributed by atoms with Crippen LogP contribution in [0.25, 0.3) is 11.0 Å². The maximum absolute atomic E-state index is 13.4. The monoisotopic (exact) mass is 496 g/mol. The van der Waals surface area contributed by atoms with Crippen LogP contribution in [0.4, 0.5) is 13.6 Å². The zero-order chi connectivity index (χ0) is 24.8. The summed E-state index contributed by atoms with van der Waals surface area (Å²) in [6, 6.07) is 5.20. The van der Waals surface area contributed by atoms with Crippen molar-refractivity contribution >= 4 is 27.9 Å². The van der Waals surface area contributed by atoms with Crippen LogP contribution in [0.5, 0.6) is 17.2 Å². The van der Waals surface area contributed by atoms with E-state index in [9.17, 15) is 17.8 Å². The van der Waals surface area contributed by atoms with Gasteiger partial charge in [-0.2, -0.15) is 8.78 Å². The minimum absolute atomic E-state index is 0.0378. The minimum atomic E-state index is -3.01. The predicted octanol–water partition coefficient (Wildman–Crippen LogP) is 4.06. The summed E-state index contributed by atoms with van der Waals surface area (Å²) in [5.41, 5.74) is 0.875. The highest BCUT2D eigenvalue weighted by molar-refractivity contribution is 7.84. The summed E-state index contributed by atoms with van der Waals surface area (Å²) >= 11 is 0. The molecule has 2 heterocycles. The van der Waals surface area contributed by atoms with Gasteiger partial charge in [0.1, 0.15) is 5.75 Å². The first-order chi connectivity index (χ1) is 16.3. The largest absolute Gasteiger partial charge is 0.493 e. The Labute approximate surface area is 198 Å². The van der Waals surface area contributed by atoms with Crippen LogP contribution in [-0.4, -0.2) is 64.1 Å². The minimum Gasteiger partial charge on any atom is -0.493 e. The third-order valence-corrected chi connectivity index (χ3v) is 6.24. The second-order valence-electron chi connectivity index (χ2n) is 7.30. The zero-order valence-corrected chi connectivity index (χ0v) is 20.1. The number of benzene rings is 1. The first-order valence-corrected chi connectivity index (χ1v) is 11.8. The second kappa shape index (κ2) is 11.2. The van der Waals surface area contributed by atoms with E-state index in [1.165, 1.54) is 48.1 Å². The molecule has 1 atom stereocenters. The standard InChI is InChI=1S/C22H26F2N4O5S/c1-5-6-11-27(2)22(29)28-17-8-7-14(33-20(23)24)12-15(17)26-21(28)34(30)13-16-19(32-4)18(31-3)9-10-25-16/h7-10,12,20H,5-6,11,13H2,1-4H3. The van der Waals surface area contributed by atoms with Gasteiger partial charge in [0.15, 0.2) is 11.5 Å². The molecule has 9 nitrogen and oxygen atoms in total. The van der Waals surface area contributed by atoms with Crippen LogP contribution in [0.3, 0.4) is 0 Å². The van der Waals surface area contributed by atoms with Crippen LogP contribution in [-0.2, 0) is 16.6 Å². The van der Waals surface area contributed by atoms with Crippen molar-refractivity contribution in [1.82, 2.24) is 19.4 Å². The molecule has 184 valence electrons. The number of amides is 1. The second-order valence-corrected chi connectivity index (χ2v) is 8.64. The van der Waals surface area contributed by atoms with E-state index < -0.39 is 23.4 Å². The van der Waals surface area contributed by atoms with Crippen molar-refractivity contribution in [2.45, 2.75) is 37.3 Å². The molecule has 0 saturated carbocycles. The summed E-state index contributed by atoms with van der Waals surface area (Å²) in [5, 5.41) is -0.0378. The molecule has 0 aliphatic rings. The Morgan fingerprint density at radius 3 is 2.65 bits per heavy atom. The molecule has 0 bridgehead atoms. The molecule has 0 fully saturated rings. The van der Waals surface area contributed by atoms with Crippen molar-refractivity contribution in [1.29, 1.82) is 0 Å². The first kappa shape index (κ1) is 25.3. The predicted molar refractivity (Wildman–Crippen MR) is 122 cm³/mol. The number of fused-ring (bicyclic) bond motifs is 1. The quantitative estimate of drug-likeness (QED) is 0.418. The molecule has 34 heavy (non-hydrogen) atoms. The molecule has 0 spiro atoms. The van der Waals surface area contributed by atoms with Gasteiger partial charge in [-0.15, -0.1) is 0 Å². The van der Waals surface area contributed by atoms with Crippen LogP contribution in [0.1, 0.15) is 25.5 Å². The van der Waals surface area contributed by atoms with Gasteiger partial charge < -0.3 is 19.1 Å². The number of pyridine rings is 1. The molecule has 2 aromatic heterocycles. The number of aromatic nitrogens is 3. The summed E-state index contributed by atoms with van der Waals surface area (Å²) in [6.45, 7) is -0.523. The van der Waals surface area contributed by atoms with Crippen LogP contribution in [0.15, 0.2) is 35.6 Å². The van der Waals surface area contributed by atoms with E-state index >= 15 is 0 Å². The third-order valence-electron chi connectivity index (χ3n) is 5.02. The number of unbranched alkanes of at least 4 members (excludes halogenated alkanes) is 1. The van der Waals surface area contributed by atoms with E-state index in [4.69, 9.17) is 9.47 Å². The highest BCUT2D eigenvalue weighted by Crippen LogP contribution is 2.31. The van der Waals surface area contributed by atoms with Gasteiger partial charge >= 0.3 is 12.6 Å². The lowest BCUT2D eigenvalue weighted by Crippen LogP contribution is -2.33. The van der Waals surface area contributed by atoms with Gasteiger partial charge in [-0.1, -0.05) is 13.3 Å². The van der Waals surface area contributed by atoms with Gasteiger partial charge in [0.25, 0.3) is 0 Å². The maximum atomic E-state index is 13.4. The van der Waals surface area contributed by atoms with Crippen LogP contribution < -0.4 is 14.2 Å². The lowest BCUT2D eigenvalue weighted by atomic mass is 10.3. The molecular weight excluding hydrogens is 470 g/mol. The summed E-state index contributed by atoms with van der Waals surface area (Å²) in [4.78, 5) is 23.4. The Morgan fingerprint density at radius 2 is 2.00 bits per heavy atom. The van der Waals surface area contributed by atoms with E-state index in [0.29, 0.717) is 29.3 Å². The average molecular weight is 497 g/mol. The molecule has 0 saturated heterocycles. The SMILES string of the molecule is CCCCN(C)C(=O)n1c(S(=O)Cc2nccc(OC)c2OC)nc2cc(OC(F)F)ccc21. The fourth-order valence-electron chi connectivity index (χ4n) is 3.36. The van der Waals surface area contributed by atoms with Crippen molar-refractivity contribution in [3.8, 4) is 17.2 Å². The number of halogens is 2. The van der Waals surface area contributed by atoms with Crippen LogP contribution in [0.2, 0.25) is 0 Å². The fraction of sp³-hybridized carbons (Fsp3) is 0.409. The molecule has 1 amide bonds. The lowest BCUT2D eigenvalue weighted by molar-refractivity contribution is -0.0497. The molecule has 0 aliphatic carbocycles. The van der Waals surface area contributed by atoms with Gasteiger partial charge in [-0.25, -0.2) is 14.3 Å². The molecule has 3 aromatic rings. The van der Waals surface area contributed by atoms with Gasteiger partial charge in [0, 0.05) is 31.9 Å². The number of hydrogen-bond acceptors (Lipinski definition) is 7. The van der Waals surface area contributed by atoms with Gasteiger partial charge in [0.2, 0.25) is 5.16 Å². The normalized spacial score (nSPS) is 12.1. The number of carbonyl (C=O) groups is 1. The van der Waals surface area contributed by atoms with E-state index in [1.807, 2.05) is 6.92 Å². The number of carbonyl (C=O) groups excluding carboxylic acids is 1. The molecule has 1 aromatic carbocycles. The molecule has 0 N–H and O–H groups in total. The maximum Gasteiger partial charge on any atom is 0.387 e. The Morgan fingerprint density at radius 1 is 1.24 bits per heavy atom. The van der Waals surface area contributed by atoms with E-state index in [2.05, 4.69) is 14.7 Å². The molecule has 1 unspecified atom stereocenters. The topological polar surface area (TPSA) is 95.8 Å². The Kier molecular flexibility index (Phi) is 8.37. The smallest absolute Gasteiger partial charge is 0.387 e. The van der Waals surface area contributed by atoms with Crippen molar-refractivity contribution in [2.24, 2.45) is 0 Å². The summed E-state index contributed by atoms with van der Waals surface area (Å²) < 4.78 is 55.1. The Bertz CT molecular complexity index is 1190. The number of alkyl halides is 2.